The van der Waals surface area contributed by atoms with Crippen LogP contribution in [0.2, 0.25) is 0 Å². The number of esters is 1. The molecule has 4 nitrogen and oxygen atoms in total. The second-order valence-corrected chi connectivity index (χ2v) is 3.18. The summed E-state index contributed by atoms with van der Waals surface area (Å²) in [5, 5.41) is 3.14. The smallest absolute Gasteiger partial charge is 0.316 e. The van der Waals surface area contributed by atoms with E-state index in [0.29, 0.717) is 0 Å². The molecule has 0 aromatic carbocycles. The Morgan fingerprint density at radius 2 is 2.43 bits per heavy atom. The number of nitrogens with zero attached hydrogens (tertiary/aromatic N) is 1. The third kappa shape index (κ3) is 2.42. The molecule has 0 fully saturated rings. The van der Waals surface area contributed by atoms with E-state index in [1.54, 1.807) is 0 Å². The quantitative estimate of drug-likeness (QED) is 0.677. The second-order valence-electron chi connectivity index (χ2n) is 3.18. The maximum absolute atomic E-state index is 11.4. The minimum atomic E-state index is -0.302. The lowest BCUT2D eigenvalue weighted by molar-refractivity contribution is -0.144. The molecular formula is C10H16N2O2. The Balaban J connectivity index is 2.75. The predicted octanol–water partition coefficient (Wildman–Crippen LogP) is 0.742. The van der Waals surface area contributed by atoms with Gasteiger partial charge in [0.05, 0.1) is 7.11 Å². The van der Waals surface area contributed by atoms with Crippen molar-refractivity contribution in [3.63, 3.8) is 0 Å². The monoisotopic (exact) mass is 196 g/mol. The molecule has 78 valence electrons. The van der Waals surface area contributed by atoms with E-state index in [1.807, 2.05) is 26.0 Å². The number of methoxy groups -OCH3 is 1. The number of carbonyl (C=O) groups excluding carboxylic acids is 1. The zero-order valence-corrected chi connectivity index (χ0v) is 8.78. The van der Waals surface area contributed by atoms with Gasteiger partial charge in [-0.25, -0.2) is 0 Å². The number of hydrogen-bond acceptors (Lipinski definition) is 4. The largest absolute Gasteiger partial charge is 0.468 e. The van der Waals surface area contributed by atoms with Crippen LogP contribution in [0, 0.1) is 5.92 Å². The zero-order valence-electron chi connectivity index (χ0n) is 8.78. The molecule has 1 aliphatic rings. The van der Waals surface area contributed by atoms with E-state index in [1.165, 1.54) is 7.11 Å². The molecule has 0 saturated heterocycles. The van der Waals surface area contributed by atoms with Gasteiger partial charge in [0.25, 0.3) is 0 Å². The summed E-state index contributed by atoms with van der Waals surface area (Å²) in [5.74, 6) is -0.549. The van der Waals surface area contributed by atoms with Gasteiger partial charge in [-0.3, -0.25) is 15.1 Å². The van der Waals surface area contributed by atoms with Crippen molar-refractivity contribution in [2.75, 3.05) is 13.7 Å². The van der Waals surface area contributed by atoms with Gasteiger partial charge in [0.2, 0.25) is 0 Å². The van der Waals surface area contributed by atoms with E-state index < -0.39 is 0 Å². The van der Waals surface area contributed by atoms with Gasteiger partial charge in [-0.2, -0.15) is 0 Å². The highest BCUT2D eigenvalue weighted by Gasteiger charge is 2.27. The number of aliphatic imine (C=N–C) groups is 1. The third-order valence-corrected chi connectivity index (χ3v) is 2.11. The van der Waals surface area contributed by atoms with Gasteiger partial charge in [0, 0.05) is 5.71 Å². The fraction of sp³-hybridized carbons (Fsp3) is 0.600. The highest BCUT2D eigenvalue weighted by atomic mass is 16.5. The molecule has 0 aromatic rings. The SMILES string of the molecule is CCN[C@H]1N=C(C)C=C[C@H]1C(=O)OC. The van der Waals surface area contributed by atoms with Crippen molar-refractivity contribution < 1.29 is 9.53 Å². The standard InChI is InChI=1S/C10H16N2O2/c1-4-11-9-8(10(13)14-3)6-5-7(2)12-9/h5-6,8-9,11H,4H2,1-3H3/t8-,9+/m1/s1. The lowest BCUT2D eigenvalue weighted by Crippen LogP contribution is -2.40. The van der Waals surface area contributed by atoms with Crippen molar-refractivity contribution in [1.29, 1.82) is 0 Å². The predicted molar refractivity (Wildman–Crippen MR) is 55.2 cm³/mol. The number of nitrogens with one attached hydrogen (secondary N) is 1. The molecule has 0 amide bonds. The van der Waals surface area contributed by atoms with Crippen LogP contribution in [0.25, 0.3) is 0 Å². The molecule has 0 aliphatic carbocycles. The van der Waals surface area contributed by atoms with Crippen molar-refractivity contribution >= 4 is 11.7 Å². The Kier molecular flexibility index (Phi) is 3.83. The minimum Gasteiger partial charge on any atom is -0.468 e. The summed E-state index contributed by atoms with van der Waals surface area (Å²) < 4.78 is 4.70. The first-order valence-corrected chi connectivity index (χ1v) is 4.72. The maximum Gasteiger partial charge on any atom is 0.316 e. The molecule has 14 heavy (non-hydrogen) atoms. The average molecular weight is 196 g/mol. The van der Waals surface area contributed by atoms with Gasteiger partial charge < -0.3 is 4.74 Å². The van der Waals surface area contributed by atoms with Crippen LogP contribution in [0.15, 0.2) is 17.1 Å². The highest BCUT2D eigenvalue weighted by molar-refractivity contribution is 5.95. The van der Waals surface area contributed by atoms with E-state index >= 15 is 0 Å². The van der Waals surface area contributed by atoms with Gasteiger partial charge in [0.15, 0.2) is 0 Å². The number of hydrogen-bond donors (Lipinski definition) is 1. The molecule has 1 N–H and O–H groups in total. The number of allylic oxidation sites excluding steroid dienone is 1. The molecule has 0 spiro atoms. The van der Waals surface area contributed by atoms with Gasteiger partial charge in [-0.1, -0.05) is 13.0 Å². The van der Waals surface area contributed by atoms with Crippen LogP contribution in [0.5, 0.6) is 0 Å². The minimum absolute atomic E-state index is 0.183. The summed E-state index contributed by atoms with van der Waals surface area (Å²) >= 11 is 0. The van der Waals surface area contributed by atoms with Crippen molar-refractivity contribution in [3.05, 3.63) is 12.2 Å². The maximum atomic E-state index is 11.4. The number of rotatable bonds is 3. The summed E-state index contributed by atoms with van der Waals surface area (Å²) in [7, 11) is 1.39. The Hall–Kier alpha value is -1.16. The molecule has 1 rings (SSSR count). The van der Waals surface area contributed by atoms with Crippen LogP contribution in [-0.4, -0.2) is 31.5 Å². The molecular weight excluding hydrogens is 180 g/mol. The first kappa shape index (κ1) is 10.9. The van der Waals surface area contributed by atoms with Crippen molar-refractivity contribution in [1.82, 2.24) is 5.32 Å². The highest BCUT2D eigenvalue weighted by Crippen LogP contribution is 2.14. The molecule has 0 bridgehead atoms. The Labute approximate surface area is 84.0 Å². The number of dihydropyridines is 1. The molecule has 1 aliphatic heterocycles. The first-order chi connectivity index (χ1) is 6.69. The summed E-state index contributed by atoms with van der Waals surface area (Å²) in [4.78, 5) is 15.7. The molecule has 1 heterocycles. The Bertz CT molecular complexity index is 271. The molecule has 0 saturated carbocycles. The summed E-state index contributed by atoms with van der Waals surface area (Å²) in [6.45, 7) is 4.68. The summed E-state index contributed by atoms with van der Waals surface area (Å²) in [6, 6.07) is 0. The Morgan fingerprint density at radius 3 is 3.00 bits per heavy atom. The average Bonchev–Trinajstić information content (AvgIpc) is 2.17. The molecule has 2 atom stereocenters. The van der Waals surface area contributed by atoms with Crippen molar-refractivity contribution in [2.45, 2.75) is 20.0 Å². The van der Waals surface area contributed by atoms with Crippen LogP contribution in [-0.2, 0) is 9.53 Å². The normalized spacial score (nSPS) is 25.8. The zero-order chi connectivity index (χ0) is 10.6. The van der Waals surface area contributed by atoms with Crippen molar-refractivity contribution in [2.24, 2.45) is 10.9 Å². The third-order valence-electron chi connectivity index (χ3n) is 2.11. The Morgan fingerprint density at radius 1 is 1.71 bits per heavy atom. The van der Waals surface area contributed by atoms with Crippen LogP contribution in [0.3, 0.4) is 0 Å². The molecule has 0 aromatic heterocycles. The van der Waals surface area contributed by atoms with E-state index in [0.717, 1.165) is 12.3 Å². The lowest BCUT2D eigenvalue weighted by Gasteiger charge is -2.23. The van der Waals surface area contributed by atoms with Gasteiger partial charge in [-0.05, 0) is 19.5 Å². The molecule has 4 heteroatoms. The molecule has 0 radical (unpaired) electrons. The number of ether oxygens (including phenoxy) is 1. The van der Waals surface area contributed by atoms with Crippen LogP contribution < -0.4 is 5.32 Å². The van der Waals surface area contributed by atoms with Crippen molar-refractivity contribution in [3.8, 4) is 0 Å². The fourth-order valence-corrected chi connectivity index (χ4v) is 1.42. The first-order valence-electron chi connectivity index (χ1n) is 4.72. The lowest BCUT2D eigenvalue weighted by atomic mass is 10.0. The number of carbonyl (C=O) groups is 1. The van der Waals surface area contributed by atoms with Gasteiger partial charge in [0.1, 0.15) is 12.1 Å². The second kappa shape index (κ2) is 4.91. The summed E-state index contributed by atoms with van der Waals surface area (Å²) in [5.41, 5.74) is 0.927. The van der Waals surface area contributed by atoms with E-state index in [2.05, 4.69) is 10.3 Å². The van der Waals surface area contributed by atoms with E-state index in [4.69, 9.17) is 4.74 Å². The van der Waals surface area contributed by atoms with Crippen LogP contribution in [0.1, 0.15) is 13.8 Å². The van der Waals surface area contributed by atoms with Crippen LogP contribution >= 0.6 is 0 Å². The molecule has 0 unspecified atom stereocenters. The van der Waals surface area contributed by atoms with Gasteiger partial charge >= 0.3 is 5.97 Å². The summed E-state index contributed by atoms with van der Waals surface area (Å²) in [6.07, 6.45) is 3.49. The fourth-order valence-electron chi connectivity index (χ4n) is 1.42. The van der Waals surface area contributed by atoms with Crippen LogP contribution in [0.4, 0.5) is 0 Å². The van der Waals surface area contributed by atoms with E-state index in [9.17, 15) is 4.79 Å². The van der Waals surface area contributed by atoms with Gasteiger partial charge in [-0.15, -0.1) is 0 Å². The topological polar surface area (TPSA) is 50.7 Å². The van der Waals surface area contributed by atoms with E-state index in [-0.39, 0.29) is 18.1 Å².